The number of para-hydroxylation sites is 2. The maximum Gasteiger partial charge on any atom is 0.164 e. The molecule has 0 atom stereocenters. The fraction of sp³-hybridized carbons (Fsp3) is 0. The summed E-state index contributed by atoms with van der Waals surface area (Å²) in [5.74, 6) is 3.59. The minimum Gasteiger partial charge on any atom is -0.309 e. The molecule has 6 aromatic heterocycles. The van der Waals surface area contributed by atoms with Crippen LogP contribution in [0.3, 0.4) is 0 Å². The summed E-state index contributed by atoms with van der Waals surface area (Å²) in [6.07, 6.45) is 7.04. The minimum absolute atomic E-state index is 0.591. The van der Waals surface area contributed by atoms with Crippen molar-refractivity contribution in [1.29, 1.82) is 0 Å². The van der Waals surface area contributed by atoms with E-state index < -0.39 is 0 Å². The highest BCUT2D eigenvalue weighted by Crippen LogP contribution is 2.39. The third-order valence-corrected chi connectivity index (χ3v) is 13.6. The second kappa shape index (κ2) is 17.8. The molecule has 0 saturated heterocycles. The highest BCUT2D eigenvalue weighted by atomic mass is 15.1. The van der Waals surface area contributed by atoms with E-state index in [1.54, 1.807) is 24.8 Å². The van der Waals surface area contributed by atoms with E-state index in [1.165, 1.54) is 10.8 Å². The lowest BCUT2D eigenvalue weighted by atomic mass is 10.0. The number of aromatic nitrogens is 10. The lowest BCUT2D eigenvalue weighted by molar-refractivity contribution is 1.07. The maximum absolute atomic E-state index is 5.03. The Labute approximate surface area is 424 Å². The summed E-state index contributed by atoms with van der Waals surface area (Å²) >= 11 is 0. The van der Waals surface area contributed by atoms with E-state index in [2.05, 4.69) is 153 Å². The number of rotatable bonds is 9. The number of fused-ring (bicyclic) bond motifs is 6. The summed E-state index contributed by atoms with van der Waals surface area (Å²) in [4.78, 5) is 38.4. The first kappa shape index (κ1) is 42.5. The molecule has 0 spiro atoms. The molecule has 0 bridgehead atoms. The van der Waals surface area contributed by atoms with Gasteiger partial charge in [-0.25, -0.2) is 29.9 Å². The molecule has 0 aliphatic carbocycles. The Hall–Kier alpha value is -10.3. The average Bonchev–Trinajstić information content (AvgIpc) is 4.02. The lowest BCUT2D eigenvalue weighted by Crippen LogP contribution is -2.01. The summed E-state index contributed by atoms with van der Waals surface area (Å²) in [7, 11) is 0. The molecule has 74 heavy (non-hydrogen) atoms. The highest BCUT2D eigenvalue weighted by Gasteiger charge is 2.19. The van der Waals surface area contributed by atoms with E-state index in [9.17, 15) is 0 Å². The summed E-state index contributed by atoms with van der Waals surface area (Å²) < 4.78 is 4.68. The Bertz CT molecular complexity index is 4020. The van der Waals surface area contributed by atoms with Crippen LogP contribution in [0.4, 0.5) is 0 Å². The summed E-state index contributed by atoms with van der Waals surface area (Å²) in [6, 6.07) is 75.6. The molecule has 0 aliphatic heterocycles. The molecule has 0 radical (unpaired) electrons. The fourth-order valence-electron chi connectivity index (χ4n) is 10.1. The van der Waals surface area contributed by atoms with Gasteiger partial charge in [-0.15, -0.1) is 0 Å². The third kappa shape index (κ3) is 7.53. The number of benzene rings is 8. The van der Waals surface area contributed by atoms with Gasteiger partial charge in [0, 0.05) is 91.1 Å². The summed E-state index contributed by atoms with van der Waals surface area (Å²) in [6.45, 7) is 0. The molecule has 0 amide bonds. The van der Waals surface area contributed by atoms with E-state index in [-0.39, 0.29) is 0 Å². The van der Waals surface area contributed by atoms with E-state index in [1.807, 2.05) is 84.9 Å². The van der Waals surface area contributed by atoms with Gasteiger partial charge in [-0.2, -0.15) is 0 Å². The van der Waals surface area contributed by atoms with E-state index in [0.29, 0.717) is 34.9 Å². The van der Waals surface area contributed by atoms with Crippen molar-refractivity contribution in [1.82, 2.24) is 49.0 Å². The van der Waals surface area contributed by atoms with Gasteiger partial charge in [0.05, 0.1) is 22.1 Å². The molecule has 0 saturated carbocycles. The number of pyridine rings is 2. The largest absolute Gasteiger partial charge is 0.309 e. The first-order valence-corrected chi connectivity index (χ1v) is 24.4. The zero-order chi connectivity index (χ0) is 49.0. The SMILES string of the molecule is c1ccc(-c2nc(-c3ccncc3)nc(-c3cccc(-n4c5ccccc5c5cc(-c6ccc7c(c6)c6ccccc6n7-c6cccc(-c7nc(-c8ccccc8)nc(-c8ccncc8)n7)c6)ccc54)c3)n2)cc1. The molecule has 0 N–H and O–H groups in total. The third-order valence-electron chi connectivity index (χ3n) is 13.6. The number of hydrogen-bond acceptors (Lipinski definition) is 8. The molecule has 14 aromatic rings. The van der Waals surface area contributed by atoms with Gasteiger partial charge in [0.1, 0.15) is 0 Å². The van der Waals surface area contributed by atoms with E-state index in [0.717, 1.165) is 88.7 Å². The fourth-order valence-corrected chi connectivity index (χ4v) is 10.1. The Morgan fingerprint density at radius 3 is 0.946 bits per heavy atom. The van der Waals surface area contributed by atoms with Gasteiger partial charge in [0.15, 0.2) is 34.9 Å². The molecule has 8 aromatic carbocycles. The van der Waals surface area contributed by atoms with Crippen LogP contribution < -0.4 is 0 Å². The molecule has 14 rings (SSSR count). The predicted octanol–water partition coefficient (Wildman–Crippen LogP) is 14.7. The smallest absolute Gasteiger partial charge is 0.164 e. The Morgan fingerprint density at radius 2 is 0.541 bits per heavy atom. The Morgan fingerprint density at radius 1 is 0.216 bits per heavy atom. The van der Waals surface area contributed by atoms with Crippen LogP contribution in [0.15, 0.2) is 243 Å². The maximum atomic E-state index is 5.03. The van der Waals surface area contributed by atoms with Gasteiger partial charge in [-0.1, -0.05) is 133 Å². The Balaban J connectivity index is 0.856. The predicted molar refractivity (Wildman–Crippen MR) is 296 cm³/mol. The van der Waals surface area contributed by atoms with Gasteiger partial charge >= 0.3 is 0 Å². The molecule has 0 unspecified atom stereocenters. The van der Waals surface area contributed by atoms with E-state index >= 15 is 0 Å². The van der Waals surface area contributed by atoms with Crippen LogP contribution in [0, 0.1) is 0 Å². The summed E-state index contributed by atoms with van der Waals surface area (Å²) in [5.41, 5.74) is 14.1. The van der Waals surface area contributed by atoms with Gasteiger partial charge in [-0.3, -0.25) is 9.97 Å². The minimum atomic E-state index is 0.591. The van der Waals surface area contributed by atoms with Gasteiger partial charge < -0.3 is 9.13 Å². The van der Waals surface area contributed by atoms with Crippen LogP contribution in [-0.2, 0) is 0 Å². The lowest BCUT2D eigenvalue weighted by Gasteiger charge is -2.12. The zero-order valence-electron chi connectivity index (χ0n) is 39.6. The highest BCUT2D eigenvalue weighted by molar-refractivity contribution is 6.12. The van der Waals surface area contributed by atoms with Crippen LogP contribution in [0.1, 0.15) is 0 Å². The number of nitrogens with zero attached hydrogens (tertiary/aromatic N) is 10. The van der Waals surface area contributed by atoms with Gasteiger partial charge in [0.2, 0.25) is 0 Å². The van der Waals surface area contributed by atoms with Crippen molar-refractivity contribution in [2.75, 3.05) is 0 Å². The quantitative estimate of drug-likeness (QED) is 0.141. The molecule has 6 heterocycles. The first-order valence-electron chi connectivity index (χ1n) is 24.4. The van der Waals surface area contributed by atoms with Crippen LogP contribution >= 0.6 is 0 Å². The molecule has 346 valence electrons. The molecular formula is C64H40N10. The molecular weight excluding hydrogens is 909 g/mol. The second-order valence-electron chi connectivity index (χ2n) is 18.1. The van der Waals surface area contributed by atoms with Crippen LogP contribution in [-0.4, -0.2) is 49.0 Å². The van der Waals surface area contributed by atoms with Crippen molar-refractivity contribution in [2.45, 2.75) is 0 Å². The zero-order valence-corrected chi connectivity index (χ0v) is 39.6. The standard InChI is InChI=1S/C64H40N10/c1-3-13-41(14-4-1)59-67-61(43-29-33-65-34-30-43)71-63(69-59)47-17-11-19-49(37-47)73-55-23-9-7-21-51(55)53-39-45(25-27-57(53)73)46-26-28-58-54(40-46)52-22-8-10-24-56(52)74(58)50-20-12-18-48(38-50)64-70-60(42-15-5-2-6-16-42)68-62(72-64)44-31-35-66-36-32-44/h1-40H. The van der Waals surface area contributed by atoms with Crippen LogP contribution in [0.25, 0.3) is 134 Å². The number of hydrogen-bond donors (Lipinski definition) is 0. The molecule has 0 aliphatic rings. The van der Waals surface area contributed by atoms with E-state index in [4.69, 9.17) is 29.9 Å². The van der Waals surface area contributed by atoms with Gasteiger partial charge in [0.25, 0.3) is 0 Å². The molecule has 0 fully saturated rings. The van der Waals surface area contributed by atoms with Crippen molar-refractivity contribution < 1.29 is 0 Å². The normalized spacial score (nSPS) is 11.5. The van der Waals surface area contributed by atoms with Crippen molar-refractivity contribution in [3.63, 3.8) is 0 Å². The van der Waals surface area contributed by atoms with Crippen molar-refractivity contribution in [3.8, 4) is 90.8 Å². The molecule has 10 nitrogen and oxygen atoms in total. The average molecular weight is 949 g/mol. The van der Waals surface area contributed by atoms with Crippen LogP contribution in [0.5, 0.6) is 0 Å². The Kier molecular flexibility index (Phi) is 10.2. The second-order valence-corrected chi connectivity index (χ2v) is 18.1. The van der Waals surface area contributed by atoms with Crippen LogP contribution in [0.2, 0.25) is 0 Å². The van der Waals surface area contributed by atoms with Crippen molar-refractivity contribution in [2.24, 2.45) is 0 Å². The molecule has 10 heteroatoms. The van der Waals surface area contributed by atoms with Crippen molar-refractivity contribution in [3.05, 3.63) is 243 Å². The van der Waals surface area contributed by atoms with Crippen molar-refractivity contribution >= 4 is 43.6 Å². The summed E-state index contributed by atoms with van der Waals surface area (Å²) in [5, 5.41) is 4.66. The topological polar surface area (TPSA) is 113 Å². The van der Waals surface area contributed by atoms with Gasteiger partial charge in [-0.05, 0) is 96.1 Å². The monoisotopic (exact) mass is 948 g/mol. The first-order chi connectivity index (χ1) is 36.7.